The average Bonchev–Trinajstić information content (AvgIpc) is 2.41. The molecular formula is C14H24N4. The second-order valence-electron chi connectivity index (χ2n) is 5.00. The maximum atomic E-state index is 5.97. The van der Waals surface area contributed by atoms with Gasteiger partial charge >= 0.3 is 0 Å². The summed E-state index contributed by atoms with van der Waals surface area (Å²) in [5, 5.41) is 0. The maximum Gasteiger partial charge on any atom is 0.0472 e. The standard InChI is InChI=1S/C14H24N4/c1-3-17-8-9-18(11-12(17)2)14(10-15)13-4-6-16-7-5-13/h4-7,12,14H,3,8-11,15H2,1-2H3. The number of nitrogens with zero attached hydrogens (tertiary/aromatic N) is 3. The fourth-order valence-electron chi connectivity index (χ4n) is 2.86. The Balaban J connectivity index is 2.06. The lowest BCUT2D eigenvalue weighted by Gasteiger charge is -2.42. The number of nitrogens with two attached hydrogens (primary N) is 1. The summed E-state index contributed by atoms with van der Waals surface area (Å²) < 4.78 is 0. The maximum absolute atomic E-state index is 5.97. The van der Waals surface area contributed by atoms with Crippen LogP contribution in [0.5, 0.6) is 0 Å². The molecule has 4 heteroatoms. The van der Waals surface area contributed by atoms with Crippen molar-refractivity contribution in [3.8, 4) is 0 Å². The van der Waals surface area contributed by atoms with Gasteiger partial charge in [0.1, 0.15) is 0 Å². The Morgan fingerprint density at radius 1 is 1.39 bits per heavy atom. The highest BCUT2D eigenvalue weighted by molar-refractivity contribution is 5.16. The second kappa shape index (κ2) is 6.27. The summed E-state index contributed by atoms with van der Waals surface area (Å²) in [4.78, 5) is 9.11. The van der Waals surface area contributed by atoms with Crippen LogP contribution in [0.25, 0.3) is 0 Å². The molecule has 4 nitrogen and oxygen atoms in total. The topological polar surface area (TPSA) is 45.4 Å². The largest absolute Gasteiger partial charge is 0.329 e. The van der Waals surface area contributed by atoms with E-state index in [-0.39, 0.29) is 0 Å². The highest BCUT2D eigenvalue weighted by Gasteiger charge is 2.27. The Bertz CT molecular complexity index is 354. The molecule has 2 unspecified atom stereocenters. The third-order valence-corrected chi connectivity index (χ3v) is 3.96. The molecule has 18 heavy (non-hydrogen) atoms. The quantitative estimate of drug-likeness (QED) is 0.867. The van der Waals surface area contributed by atoms with E-state index in [9.17, 15) is 0 Å². The van der Waals surface area contributed by atoms with Crippen molar-refractivity contribution in [3.05, 3.63) is 30.1 Å². The van der Waals surface area contributed by atoms with E-state index in [1.54, 1.807) is 0 Å². The van der Waals surface area contributed by atoms with Gasteiger partial charge in [-0.15, -0.1) is 0 Å². The Labute approximate surface area is 110 Å². The van der Waals surface area contributed by atoms with Gasteiger partial charge in [0.15, 0.2) is 0 Å². The van der Waals surface area contributed by atoms with E-state index in [0.29, 0.717) is 18.6 Å². The molecule has 1 aliphatic heterocycles. The van der Waals surface area contributed by atoms with Crippen molar-refractivity contribution in [2.75, 3.05) is 32.7 Å². The second-order valence-corrected chi connectivity index (χ2v) is 5.00. The number of rotatable bonds is 4. The van der Waals surface area contributed by atoms with Crippen molar-refractivity contribution < 1.29 is 0 Å². The summed E-state index contributed by atoms with van der Waals surface area (Å²) in [6.45, 7) is 9.67. The number of hydrogen-bond donors (Lipinski definition) is 1. The minimum atomic E-state index is 0.328. The predicted octanol–water partition coefficient (Wildman–Crippen LogP) is 1.11. The number of hydrogen-bond acceptors (Lipinski definition) is 4. The first-order valence-electron chi connectivity index (χ1n) is 6.84. The third-order valence-electron chi connectivity index (χ3n) is 3.96. The van der Waals surface area contributed by atoms with Crippen LogP contribution in [0.4, 0.5) is 0 Å². The molecular weight excluding hydrogens is 224 g/mol. The first-order chi connectivity index (χ1) is 8.76. The Kier molecular flexibility index (Phi) is 4.69. The van der Waals surface area contributed by atoms with Gasteiger partial charge in [-0.05, 0) is 31.2 Å². The van der Waals surface area contributed by atoms with E-state index in [1.165, 1.54) is 5.56 Å². The zero-order valence-corrected chi connectivity index (χ0v) is 11.4. The normalized spacial score (nSPS) is 24.1. The van der Waals surface area contributed by atoms with Crippen LogP contribution >= 0.6 is 0 Å². The SMILES string of the molecule is CCN1CCN(C(CN)c2ccncc2)CC1C. The minimum Gasteiger partial charge on any atom is -0.329 e. The smallest absolute Gasteiger partial charge is 0.0472 e. The van der Waals surface area contributed by atoms with Gasteiger partial charge in [-0.2, -0.15) is 0 Å². The van der Waals surface area contributed by atoms with Gasteiger partial charge in [-0.1, -0.05) is 6.92 Å². The Hall–Kier alpha value is -0.970. The summed E-state index contributed by atoms with van der Waals surface area (Å²) in [6.07, 6.45) is 3.70. The molecule has 1 fully saturated rings. The Morgan fingerprint density at radius 2 is 2.11 bits per heavy atom. The van der Waals surface area contributed by atoms with Crippen molar-refractivity contribution in [1.82, 2.24) is 14.8 Å². The van der Waals surface area contributed by atoms with Crippen LogP contribution in [-0.4, -0.2) is 53.5 Å². The fraction of sp³-hybridized carbons (Fsp3) is 0.643. The van der Waals surface area contributed by atoms with E-state index >= 15 is 0 Å². The minimum absolute atomic E-state index is 0.328. The molecule has 0 aromatic carbocycles. The number of pyridine rings is 1. The molecule has 2 rings (SSSR count). The number of aromatic nitrogens is 1. The summed E-state index contributed by atoms with van der Waals surface area (Å²) >= 11 is 0. The molecule has 0 amide bonds. The van der Waals surface area contributed by atoms with Gasteiger partial charge in [0, 0.05) is 50.7 Å². The summed E-state index contributed by atoms with van der Waals surface area (Å²) in [7, 11) is 0. The molecule has 2 heterocycles. The molecule has 2 N–H and O–H groups in total. The zero-order chi connectivity index (χ0) is 13.0. The van der Waals surface area contributed by atoms with Crippen LogP contribution in [-0.2, 0) is 0 Å². The molecule has 0 bridgehead atoms. The van der Waals surface area contributed by atoms with Gasteiger partial charge in [0.25, 0.3) is 0 Å². The molecule has 2 atom stereocenters. The van der Waals surface area contributed by atoms with E-state index in [1.807, 2.05) is 12.4 Å². The van der Waals surface area contributed by atoms with Crippen molar-refractivity contribution in [1.29, 1.82) is 0 Å². The number of likely N-dealkylation sites (N-methyl/N-ethyl adjacent to an activating group) is 1. The molecule has 0 radical (unpaired) electrons. The van der Waals surface area contributed by atoms with Crippen LogP contribution < -0.4 is 5.73 Å². The first-order valence-corrected chi connectivity index (χ1v) is 6.84. The molecule has 0 spiro atoms. The van der Waals surface area contributed by atoms with Crippen LogP contribution in [0.15, 0.2) is 24.5 Å². The van der Waals surface area contributed by atoms with Crippen molar-refractivity contribution >= 4 is 0 Å². The number of piperazine rings is 1. The van der Waals surface area contributed by atoms with E-state index < -0.39 is 0 Å². The van der Waals surface area contributed by atoms with E-state index in [2.05, 4.69) is 40.8 Å². The molecule has 0 aliphatic carbocycles. The Morgan fingerprint density at radius 3 is 2.67 bits per heavy atom. The van der Waals surface area contributed by atoms with Crippen LogP contribution in [0, 0.1) is 0 Å². The lowest BCUT2D eigenvalue weighted by Crippen LogP contribution is -2.53. The van der Waals surface area contributed by atoms with Crippen molar-refractivity contribution in [2.24, 2.45) is 5.73 Å². The summed E-state index contributed by atoms with van der Waals surface area (Å²) in [5.74, 6) is 0. The molecule has 1 saturated heterocycles. The predicted molar refractivity (Wildman–Crippen MR) is 74.3 cm³/mol. The van der Waals surface area contributed by atoms with Gasteiger partial charge in [-0.3, -0.25) is 14.8 Å². The lowest BCUT2D eigenvalue weighted by atomic mass is 10.0. The molecule has 1 aromatic heterocycles. The first kappa shape index (κ1) is 13.5. The van der Waals surface area contributed by atoms with Gasteiger partial charge in [0.05, 0.1) is 0 Å². The van der Waals surface area contributed by atoms with Gasteiger partial charge < -0.3 is 5.73 Å². The van der Waals surface area contributed by atoms with Crippen molar-refractivity contribution in [3.63, 3.8) is 0 Å². The van der Waals surface area contributed by atoms with Crippen molar-refractivity contribution in [2.45, 2.75) is 25.9 Å². The van der Waals surface area contributed by atoms with E-state index in [0.717, 1.165) is 26.2 Å². The van der Waals surface area contributed by atoms with Crippen LogP contribution in [0.1, 0.15) is 25.5 Å². The fourth-order valence-corrected chi connectivity index (χ4v) is 2.86. The zero-order valence-electron chi connectivity index (χ0n) is 11.4. The average molecular weight is 248 g/mol. The summed E-state index contributed by atoms with van der Waals surface area (Å²) in [6, 6.07) is 5.09. The molecule has 0 saturated carbocycles. The molecule has 100 valence electrons. The van der Waals surface area contributed by atoms with Crippen LogP contribution in [0.3, 0.4) is 0 Å². The van der Waals surface area contributed by atoms with Gasteiger partial charge in [-0.25, -0.2) is 0 Å². The highest BCUT2D eigenvalue weighted by Crippen LogP contribution is 2.22. The third kappa shape index (κ3) is 2.88. The molecule has 1 aliphatic rings. The molecule has 1 aromatic rings. The summed E-state index contributed by atoms with van der Waals surface area (Å²) in [5.41, 5.74) is 7.25. The highest BCUT2D eigenvalue weighted by atomic mass is 15.3. The van der Waals surface area contributed by atoms with E-state index in [4.69, 9.17) is 5.73 Å². The monoisotopic (exact) mass is 248 g/mol. The lowest BCUT2D eigenvalue weighted by molar-refractivity contribution is 0.0606. The van der Waals surface area contributed by atoms with Gasteiger partial charge in [0.2, 0.25) is 0 Å². The van der Waals surface area contributed by atoms with Crippen LogP contribution in [0.2, 0.25) is 0 Å².